The van der Waals surface area contributed by atoms with E-state index < -0.39 is 0 Å². The van der Waals surface area contributed by atoms with Crippen LogP contribution >= 0.6 is 0 Å². The van der Waals surface area contributed by atoms with Crippen molar-refractivity contribution in [2.75, 3.05) is 66.1 Å². The van der Waals surface area contributed by atoms with Crippen LogP contribution in [0.4, 0.5) is 0 Å². The Bertz CT molecular complexity index is 2090. The molecule has 0 amide bonds. The first-order valence-electron chi connectivity index (χ1n) is 49.7. The number of hydrogen-bond acceptors (Lipinski definition) is 17. The van der Waals surface area contributed by atoms with Crippen molar-refractivity contribution in [3.8, 4) is 0 Å². The molecule has 11 saturated carbocycles. The molecule has 20 fully saturated rings. The van der Waals surface area contributed by atoms with E-state index in [-0.39, 0.29) is 41.9 Å². The number of carbonyl (C=O) groups is 8. The summed E-state index contributed by atoms with van der Waals surface area (Å²) in [7, 11) is 0. The molecule has 11 aliphatic carbocycles. The third-order valence-electron chi connectivity index (χ3n) is 22.1. The van der Waals surface area contributed by atoms with E-state index in [0.29, 0.717) is 98.2 Å². The molecule has 20 aliphatic rings. The number of Topliss-reactive ketones (excluding diaryl/α,β-unsaturated/α-hetero) is 3. The second-order valence-electron chi connectivity index (χ2n) is 29.6. The highest BCUT2D eigenvalue weighted by molar-refractivity contribution is 5.85. The third kappa shape index (κ3) is 56.7. The Morgan fingerprint density at radius 1 is 0.259 bits per heavy atom. The lowest BCUT2D eigenvalue weighted by Crippen LogP contribution is -2.45. The van der Waals surface area contributed by atoms with Crippen LogP contribution in [-0.4, -0.2) is 132 Å². The van der Waals surface area contributed by atoms with Crippen molar-refractivity contribution in [3.63, 3.8) is 0 Å². The zero-order valence-corrected chi connectivity index (χ0v) is 80.5. The summed E-state index contributed by atoms with van der Waals surface area (Å²) in [5.74, 6) is 8.82. The Morgan fingerprint density at radius 3 is 0.991 bits per heavy atom. The summed E-state index contributed by atoms with van der Waals surface area (Å²) in [6.45, 7) is 57.0. The largest absolute Gasteiger partial charge is 0.466 e. The number of ether oxygens (including phenoxy) is 9. The molecule has 116 heavy (non-hydrogen) atoms. The summed E-state index contributed by atoms with van der Waals surface area (Å²) in [4.78, 5) is 85.5. The number of fused-ring (bicyclic) bond motifs is 7. The second kappa shape index (κ2) is 87.5. The van der Waals surface area contributed by atoms with Gasteiger partial charge in [-0.05, 0) is 241 Å². The maximum atomic E-state index is 11.6. The molecule has 9 heterocycles. The number of rotatable bonds is 0. The number of ketones is 3. The monoisotopic (exact) mass is 1650 g/mol. The van der Waals surface area contributed by atoms with E-state index in [4.69, 9.17) is 33.2 Å². The fourth-order valence-corrected chi connectivity index (χ4v) is 17.0. The van der Waals surface area contributed by atoms with Crippen LogP contribution in [0.5, 0.6) is 0 Å². The van der Waals surface area contributed by atoms with Gasteiger partial charge >= 0.3 is 29.8 Å². The van der Waals surface area contributed by atoms with Crippen LogP contribution in [0.3, 0.4) is 0 Å². The lowest BCUT2D eigenvalue weighted by Gasteiger charge is -2.48. The summed E-state index contributed by atoms with van der Waals surface area (Å²) in [6, 6.07) is 0. The molecular weight excluding hydrogens is 1460 g/mol. The Balaban J connectivity index is -0.000000379. The Hall–Kier alpha value is -3.80. The highest BCUT2D eigenvalue weighted by Crippen LogP contribution is 2.54. The number of hydrogen-bond donors (Lipinski definition) is 0. The molecule has 9 saturated heterocycles. The molecule has 0 spiro atoms. The van der Waals surface area contributed by atoms with Crippen LogP contribution in [0.2, 0.25) is 0 Å². The van der Waals surface area contributed by atoms with Crippen LogP contribution in [0.1, 0.15) is 442 Å². The van der Waals surface area contributed by atoms with Gasteiger partial charge in [-0.25, -0.2) is 0 Å². The Kier molecular flexibility index (Phi) is 91.1. The van der Waals surface area contributed by atoms with Crippen molar-refractivity contribution in [3.05, 3.63) is 0 Å². The molecule has 0 aromatic rings. The summed E-state index contributed by atoms with van der Waals surface area (Å²) >= 11 is 0. The minimum atomic E-state index is -0.0463. The Morgan fingerprint density at radius 2 is 0.647 bits per heavy atom. The standard InChI is InChI=1S/C10H14O.C8H10O2.C7H10O2.C7H10O.C7H12O.C6H10O2.C6H12O.C6H10O.C5H8O2.C5H10O.C4H6O2.C4H8O.12C2H6/c11-10-8-2-6-1-7(4-8)5-9(10)3-6;9-8-6-2-4-1-5(6)7(3-4)10-8;8-7-5-2-1-3-6(4-5)9-7;8-7-4-5-1-2-6(7)3-5;1-2-6-4-7(3-1)8-5-6;7-6-4-2-1-3-5-8-6;1-2-4-6-7-5-3-1;7-6-4-2-1-3-5-6;6-5-3-1-2-4-7-5;1-2-4-6-5-3-1;5-4-2-1-3-6-4;1-2-4-5-3-1;12*1-2/h6-9H,1-5H2;4-7H,1-3H2;5-6H,1-4H2;5-6H,1-4H2;6-7H,1-5H2;1-5H2;1-6H2;1-5H2;1-4H2;1-5H2;1-3H2;1-4H2;12*1-2H3. The van der Waals surface area contributed by atoms with E-state index in [2.05, 4.69) is 9.47 Å². The van der Waals surface area contributed by atoms with Crippen molar-refractivity contribution in [1.82, 2.24) is 0 Å². The molecule has 10 atom stereocenters. The Labute approximate surface area is 716 Å². The average molecular weight is 1650 g/mol. The van der Waals surface area contributed by atoms with Crippen LogP contribution in [-0.2, 0) is 81.0 Å². The molecule has 0 aromatic heterocycles. The predicted molar refractivity (Wildman–Crippen MR) is 483 cm³/mol. The van der Waals surface area contributed by atoms with Gasteiger partial charge in [0.15, 0.2) is 0 Å². The minimum absolute atomic E-state index is 0.0255. The maximum Gasteiger partial charge on any atom is 0.309 e. The smallest absolute Gasteiger partial charge is 0.309 e. The van der Waals surface area contributed by atoms with Gasteiger partial charge in [0.05, 0.1) is 37.8 Å². The highest BCUT2D eigenvalue weighted by atomic mass is 16.6. The molecule has 690 valence electrons. The van der Waals surface area contributed by atoms with E-state index in [9.17, 15) is 38.4 Å². The first kappa shape index (κ1) is 121. The number of cyclic esters (lactones) is 3. The third-order valence-corrected chi connectivity index (χ3v) is 22.1. The lowest BCUT2D eigenvalue weighted by molar-refractivity contribution is -0.147. The SMILES string of the molecule is C1CC2COC(C1)C2.C1CCCOCC1.C1CCOC1.C1CCOCC1.CC.CC.CC.CC.CC.CC.CC.CC.CC.CC.CC.CC.O=C1C2CC3CC(C2)CC1C3.O=C1CC2CCC1C2.O=C1CCCCC1.O=C1CCCCCO1.O=C1CCCCO1.O=C1CCCO1.O=C1OC2CC3CC1C2C3.O=C1OC2CCCC1C2. The van der Waals surface area contributed by atoms with E-state index in [0.717, 1.165) is 179 Å². The van der Waals surface area contributed by atoms with Crippen molar-refractivity contribution in [2.24, 2.45) is 65.1 Å². The highest BCUT2D eigenvalue weighted by Gasteiger charge is 2.56. The summed E-state index contributed by atoms with van der Waals surface area (Å²) in [5.41, 5.74) is 0. The van der Waals surface area contributed by atoms with Gasteiger partial charge in [-0.2, -0.15) is 0 Å². The zero-order chi connectivity index (χ0) is 88.5. The normalized spacial score (nSPS) is 28.8. The maximum absolute atomic E-state index is 11.6. The molecular formula is C99H192O17. The van der Waals surface area contributed by atoms with Gasteiger partial charge in [0.25, 0.3) is 0 Å². The molecule has 9 aliphatic heterocycles. The number of esters is 5. The lowest BCUT2D eigenvalue weighted by atomic mass is 9.56. The molecule has 12 bridgehead atoms. The molecule has 0 aromatic carbocycles. The van der Waals surface area contributed by atoms with E-state index in [1.54, 1.807) is 0 Å². The topological polar surface area (TPSA) is 220 Å². The molecule has 0 N–H and O–H groups in total. The second-order valence-corrected chi connectivity index (χ2v) is 29.6. The van der Waals surface area contributed by atoms with Crippen molar-refractivity contribution < 1.29 is 81.0 Å². The van der Waals surface area contributed by atoms with Crippen molar-refractivity contribution in [1.29, 1.82) is 0 Å². The first-order valence-corrected chi connectivity index (χ1v) is 49.7. The zero-order valence-electron chi connectivity index (χ0n) is 80.5. The average Bonchev–Trinajstić information content (AvgIpc) is 1.58. The fraction of sp³-hybridized carbons (Fsp3) is 0.919. The van der Waals surface area contributed by atoms with E-state index >= 15 is 0 Å². The fourth-order valence-electron chi connectivity index (χ4n) is 17.0. The van der Waals surface area contributed by atoms with Crippen molar-refractivity contribution >= 4 is 47.2 Å². The summed E-state index contributed by atoms with van der Waals surface area (Å²) in [5, 5.41) is 0. The van der Waals surface area contributed by atoms with Gasteiger partial charge < -0.3 is 42.6 Å². The van der Waals surface area contributed by atoms with Gasteiger partial charge in [0.2, 0.25) is 0 Å². The van der Waals surface area contributed by atoms with Gasteiger partial charge in [-0.15, -0.1) is 0 Å². The van der Waals surface area contributed by atoms with Crippen LogP contribution in [0, 0.1) is 65.1 Å². The molecule has 17 heteroatoms. The van der Waals surface area contributed by atoms with Gasteiger partial charge in [-0.1, -0.05) is 192 Å². The molecule has 0 radical (unpaired) electrons. The molecule has 20 rings (SSSR count). The van der Waals surface area contributed by atoms with E-state index in [1.165, 1.54) is 154 Å². The van der Waals surface area contributed by atoms with Crippen molar-refractivity contribution in [2.45, 2.75) is 461 Å². The van der Waals surface area contributed by atoms with Crippen LogP contribution in [0.15, 0.2) is 0 Å². The van der Waals surface area contributed by atoms with Crippen LogP contribution < -0.4 is 0 Å². The predicted octanol–water partition coefficient (Wildman–Crippen LogP) is 26.6. The van der Waals surface area contributed by atoms with Gasteiger partial charge in [0.1, 0.15) is 29.6 Å². The number of carbonyl (C=O) groups excluding carboxylic acids is 8. The van der Waals surface area contributed by atoms with Gasteiger partial charge in [-0.3, -0.25) is 38.4 Å². The summed E-state index contributed by atoms with van der Waals surface area (Å²) < 4.78 is 44.8. The molecule has 17 nitrogen and oxygen atoms in total. The summed E-state index contributed by atoms with van der Waals surface area (Å²) in [6.07, 6.45) is 50.9. The minimum Gasteiger partial charge on any atom is -0.466 e. The molecule has 10 unspecified atom stereocenters. The van der Waals surface area contributed by atoms with Gasteiger partial charge in [0, 0.05) is 108 Å². The van der Waals surface area contributed by atoms with E-state index in [1.807, 2.05) is 166 Å². The first-order chi connectivity index (χ1) is 56.9. The quantitative estimate of drug-likeness (QED) is 0.163. The van der Waals surface area contributed by atoms with Crippen LogP contribution in [0.25, 0.3) is 0 Å².